The zero-order valence-corrected chi connectivity index (χ0v) is 13.8. The van der Waals surface area contributed by atoms with Gasteiger partial charge in [0, 0.05) is 21.6 Å². The van der Waals surface area contributed by atoms with Crippen molar-refractivity contribution in [2.45, 2.75) is 5.16 Å². The third kappa shape index (κ3) is 3.37. The van der Waals surface area contributed by atoms with E-state index in [9.17, 15) is 4.79 Å². The third-order valence-electron chi connectivity index (χ3n) is 2.33. The average molecular weight is 407 g/mol. The van der Waals surface area contributed by atoms with Gasteiger partial charge < -0.3 is 9.67 Å². The molecule has 0 aliphatic carbocycles. The Labute approximate surface area is 130 Å². The van der Waals surface area contributed by atoms with Gasteiger partial charge in [-0.1, -0.05) is 27.7 Å². The van der Waals surface area contributed by atoms with Crippen LogP contribution in [0.15, 0.2) is 32.3 Å². The first kappa shape index (κ1) is 14.5. The van der Waals surface area contributed by atoms with Gasteiger partial charge in [-0.25, -0.2) is 0 Å². The van der Waals surface area contributed by atoms with E-state index in [2.05, 4.69) is 42.1 Å². The molecule has 0 aliphatic heterocycles. The van der Waals surface area contributed by atoms with E-state index < -0.39 is 5.97 Å². The molecule has 0 saturated heterocycles. The lowest BCUT2D eigenvalue weighted by atomic mass is 10.2. The number of carboxylic acids is 1. The van der Waals surface area contributed by atoms with E-state index >= 15 is 0 Å². The summed E-state index contributed by atoms with van der Waals surface area (Å²) in [6.07, 6.45) is 0. The van der Waals surface area contributed by atoms with Crippen LogP contribution in [0.4, 0.5) is 0 Å². The number of hydrogen-bond donors (Lipinski definition) is 1. The van der Waals surface area contributed by atoms with Crippen LogP contribution in [-0.4, -0.2) is 31.6 Å². The molecule has 0 spiro atoms. The summed E-state index contributed by atoms with van der Waals surface area (Å²) in [5.74, 6) is -0.223. The van der Waals surface area contributed by atoms with Crippen LogP contribution in [0.2, 0.25) is 0 Å². The number of carboxylic acid groups (broad SMARTS) is 1. The highest BCUT2D eigenvalue weighted by Gasteiger charge is 2.14. The fourth-order valence-corrected chi connectivity index (χ4v) is 3.33. The van der Waals surface area contributed by atoms with Crippen molar-refractivity contribution in [2.75, 3.05) is 5.75 Å². The SMILES string of the molecule is Cn1c(SCC(=O)O)nnc1-c1ccc(Br)cc1Br. The summed E-state index contributed by atoms with van der Waals surface area (Å²) >= 11 is 8.01. The number of aliphatic carboxylic acids is 1. The summed E-state index contributed by atoms with van der Waals surface area (Å²) in [6, 6.07) is 5.76. The molecular formula is C11H9Br2N3O2S. The van der Waals surface area contributed by atoms with Gasteiger partial charge in [0.15, 0.2) is 11.0 Å². The Balaban J connectivity index is 2.33. The second-order valence-electron chi connectivity index (χ2n) is 3.67. The summed E-state index contributed by atoms with van der Waals surface area (Å²) in [5.41, 5.74) is 0.903. The van der Waals surface area contributed by atoms with Crippen molar-refractivity contribution in [3.63, 3.8) is 0 Å². The molecule has 8 heteroatoms. The van der Waals surface area contributed by atoms with E-state index in [1.807, 2.05) is 25.2 Å². The van der Waals surface area contributed by atoms with E-state index in [0.29, 0.717) is 11.0 Å². The number of halogens is 2. The van der Waals surface area contributed by atoms with Gasteiger partial charge in [-0.3, -0.25) is 4.79 Å². The highest BCUT2D eigenvalue weighted by molar-refractivity contribution is 9.11. The fraction of sp³-hybridized carbons (Fsp3) is 0.182. The van der Waals surface area contributed by atoms with Crippen LogP contribution < -0.4 is 0 Å². The van der Waals surface area contributed by atoms with E-state index in [4.69, 9.17) is 5.11 Å². The molecule has 5 nitrogen and oxygen atoms in total. The molecule has 1 aromatic carbocycles. The molecule has 2 aromatic rings. The van der Waals surface area contributed by atoms with Gasteiger partial charge in [0.25, 0.3) is 0 Å². The van der Waals surface area contributed by atoms with Gasteiger partial charge in [0.2, 0.25) is 0 Å². The number of nitrogens with zero attached hydrogens (tertiary/aromatic N) is 3. The van der Waals surface area contributed by atoms with E-state index in [1.54, 1.807) is 4.57 Å². The Kier molecular flexibility index (Phi) is 4.64. The van der Waals surface area contributed by atoms with Crippen LogP contribution in [-0.2, 0) is 11.8 Å². The van der Waals surface area contributed by atoms with Crippen molar-refractivity contribution < 1.29 is 9.90 Å². The minimum absolute atomic E-state index is 0.0342. The first-order chi connectivity index (χ1) is 8.99. The largest absolute Gasteiger partial charge is 0.481 e. The highest BCUT2D eigenvalue weighted by Crippen LogP contribution is 2.31. The van der Waals surface area contributed by atoms with Crippen LogP contribution in [0.1, 0.15) is 0 Å². The van der Waals surface area contributed by atoms with Crippen LogP contribution in [0, 0.1) is 0 Å². The Morgan fingerprint density at radius 3 is 2.79 bits per heavy atom. The second-order valence-corrected chi connectivity index (χ2v) is 6.38. The molecule has 1 N–H and O–H groups in total. The van der Waals surface area contributed by atoms with E-state index in [1.165, 1.54) is 0 Å². The number of rotatable bonds is 4. The molecular weight excluding hydrogens is 398 g/mol. The summed E-state index contributed by atoms with van der Waals surface area (Å²) in [5, 5.41) is 17.4. The number of benzene rings is 1. The standard InChI is InChI=1S/C11H9Br2N3O2S/c1-16-10(7-3-2-6(12)4-8(7)13)14-15-11(16)19-5-9(17)18/h2-4H,5H2,1H3,(H,17,18). The molecule has 1 aromatic heterocycles. The summed E-state index contributed by atoms with van der Waals surface area (Å²) < 4.78 is 3.64. The van der Waals surface area contributed by atoms with Gasteiger partial charge in [-0.2, -0.15) is 0 Å². The van der Waals surface area contributed by atoms with Crippen LogP contribution >= 0.6 is 43.6 Å². The fourth-order valence-electron chi connectivity index (χ4n) is 1.47. The smallest absolute Gasteiger partial charge is 0.313 e. The van der Waals surface area contributed by atoms with Gasteiger partial charge in [-0.05, 0) is 34.1 Å². The van der Waals surface area contributed by atoms with Crippen molar-refractivity contribution in [1.29, 1.82) is 0 Å². The van der Waals surface area contributed by atoms with Gasteiger partial charge in [-0.15, -0.1) is 10.2 Å². The Hall–Kier alpha value is -0.860. The minimum atomic E-state index is -0.876. The van der Waals surface area contributed by atoms with Crippen molar-refractivity contribution in [3.05, 3.63) is 27.1 Å². The molecule has 0 aliphatic rings. The maximum absolute atomic E-state index is 10.6. The van der Waals surface area contributed by atoms with E-state index in [-0.39, 0.29) is 5.75 Å². The number of carbonyl (C=O) groups is 1. The average Bonchev–Trinajstić information content (AvgIpc) is 2.68. The summed E-state index contributed by atoms with van der Waals surface area (Å²) in [7, 11) is 1.81. The molecule has 0 unspecified atom stereocenters. The Morgan fingerprint density at radius 1 is 1.42 bits per heavy atom. The van der Waals surface area contributed by atoms with Gasteiger partial charge in [0.1, 0.15) is 0 Å². The number of aromatic nitrogens is 3. The normalized spacial score (nSPS) is 10.7. The predicted octanol–water partition coefficient (Wildman–Crippen LogP) is 3.18. The maximum Gasteiger partial charge on any atom is 0.313 e. The lowest BCUT2D eigenvalue weighted by Crippen LogP contribution is -2.01. The molecule has 2 rings (SSSR count). The topological polar surface area (TPSA) is 68.0 Å². The molecule has 0 saturated carbocycles. The summed E-state index contributed by atoms with van der Waals surface area (Å²) in [6.45, 7) is 0. The Bertz CT molecular complexity index is 630. The van der Waals surface area contributed by atoms with Crippen LogP contribution in [0.25, 0.3) is 11.4 Å². The first-order valence-electron chi connectivity index (χ1n) is 5.18. The molecule has 0 amide bonds. The Morgan fingerprint density at radius 2 is 2.16 bits per heavy atom. The lowest BCUT2D eigenvalue weighted by molar-refractivity contribution is -0.133. The summed E-state index contributed by atoms with van der Waals surface area (Å²) in [4.78, 5) is 10.6. The number of thioether (sulfide) groups is 1. The second kappa shape index (κ2) is 6.06. The quantitative estimate of drug-likeness (QED) is 0.789. The van der Waals surface area contributed by atoms with Crippen molar-refractivity contribution >= 4 is 49.6 Å². The molecule has 0 atom stereocenters. The lowest BCUT2D eigenvalue weighted by Gasteiger charge is -2.05. The maximum atomic E-state index is 10.6. The van der Waals surface area contributed by atoms with Crippen molar-refractivity contribution in [1.82, 2.24) is 14.8 Å². The van der Waals surface area contributed by atoms with Crippen LogP contribution in [0.5, 0.6) is 0 Å². The minimum Gasteiger partial charge on any atom is -0.481 e. The molecule has 100 valence electrons. The highest BCUT2D eigenvalue weighted by atomic mass is 79.9. The van der Waals surface area contributed by atoms with Gasteiger partial charge >= 0.3 is 5.97 Å². The predicted molar refractivity (Wildman–Crippen MR) is 80.2 cm³/mol. The molecule has 19 heavy (non-hydrogen) atoms. The van der Waals surface area contributed by atoms with Crippen LogP contribution in [0.3, 0.4) is 0 Å². The molecule has 1 heterocycles. The van der Waals surface area contributed by atoms with Gasteiger partial charge in [0.05, 0.1) is 5.75 Å². The van der Waals surface area contributed by atoms with Crippen molar-refractivity contribution in [3.8, 4) is 11.4 Å². The molecule has 0 radical (unpaired) electrons. The number of hydrogen-bond acceptors (Lipinski definition) is 4. The molecule has 0 fully saturated rings. The first-order valence-corrected chi connectivity index (χ1v) is 7.75. The van der Waals surface area contributed by atoms with E-state index in [0.717, 1.165) is 26.3 Å². The third-order valence-corrected chi connectivity index (χ3v) is 4.49. The zero-order valence-electron chi connectivity index (χ0n) is 9.80. The zero-order chi connectivity index (χ0) is 14.0. The van der Waals surface area contributed by atoms with Crippen molar-refractivity contribution in [2.24, 2.45) is 7.05 Å². The molecule has 0 bridgehead atoms. The monoisotopic (exact) mass is 405 g/mol.